The average molecular weight is 205 g/mol. The Morgan fingerprint density at radius 1 is 1.43 bits per heavy atom. The lowest BCUT2D eigenvalue weighted by Crippen LogP contribution is -1.91. The Kier molecular flexibility index (Phi) is 3.41. The number of hydrogen-bond donors (Lipinski definition) is 0. The molecule has 0 nitrogen and oxygen atoms in total. The molecule has 1 aromatic rings. The lowest BCUT2D eigenvalue weighted by atomic mass is 10.0. The van der Waals surface area contributed by atoms with E-state index in [0.717, 1.165) is 6.42 Å². The summed E-state index contributed by atoms with van der Waals surface area (Å²) < 4.78 is 0. The number of thiophene rings is 1. The van der Waals surface area contributed by atoms with E-state index in [1.54, 1.807) is 5.57 Å². The van der Waals surface area contributed by atoms with E-state index in [9.17, 15) is 0 Å². The monoisotopic (exact) mass is 205 g/mol. The molecular formula is C13H17S. The Labute approximate surface area is 90.7 Å². The van der Waals surface area contributed by atoms with Crippen molar-refractivity contribution in [2.75, 3.05) is 0 Å². The van der Waals surface area contributed by atoms with Crippen molar-refractivity contribution in [3.8, 4) is 0 Å². The molecule has 2 rings (SSSR count). The normalized spacial score (nSPS) is 18.5. The van der Waals surface area contributed by atoms with E-state index in [4.69, 9.17) is 0 Å². The third kappa shape index (κ3) is 2.27. The first-order valence-electron chi connectivity index (χ1n) is 5.42. The second-order valence-electron chi connectivity index (χ2n) is 3.94. The Morgan fingerprint density at radius 2 is 2.21 bits per heavy atom. The molecule has 0 amide bonds. The molecule has 0 spiro atoms. The molecule has 1 heterocycles. The highest BCUT2D eigenvalue weighted by atomic mass is 32.1. The second kappa shape index (κ2) is 4.79. The predicted octanol–water partition coefficient (Wildman–Crippen LogP) is 4.56. The zero-order chi connectivity index (χ0) is 9.80. The molecule has 1 aliphatic carbocycles. The summed E-state index contributed by atoms with van der Waals surface area (Å²) in [6.07, 6.45) is 8.87. The molecule has 1 aromatic heterocycles. The first kappa shape index (κ1) is 9.97. The lowest BCUT2D eigenvalue weighted by molar-refractivity contribution is 0.861. The van der Waals surface area contributed by atoms with Crippen LogP contribution in [0.25, 0.3) is 0 Å². The molecule has 14 heavy (non-hydrogen) atoms. The molecule has 75 valence electrons. The Hall–Kier alpha value is -0.560. The van der Waals surface area contributed by atoms with Crippen LogP contribution in [0.4, 0.5) is 0 Å². The van der Waals surface area contributed by atoms with E-state index < -0.39 is 0 Å². The summed E-state index contributed by atoms with van der Waals surface area (Å²) in [5.41, 5.74) is 1.66. The summed E-state index contributed by atoms with van der Waals surface area (Å²) in [6, 6.07) is 4.36. The van der Waals surface area contributed by atoms with Gasteiger partial charge in [0.2, 0.25) is 0 Å². The molecule has 0 saturated heterocycles. The van der Waals surface area contributed by atoms with Crippen LogP contribution in [0.5, 0.6) is 0 Å². The third-order valence-electron chi connectivity index (χ3n) is 2.90. The maximum Gasteiger partial charge on any atom is 0.0115 e. The molecule has 1 unspecified atom stereocenters. The van der Waals surface area contributed by atoms with Gasteiger partial charge in [-0.3, -0.25) is 0 Å². The largest absolute Gasteiger partial charge is 0.148 e. The fourth-order valence-corrected chi connectivity index (χ4v) is 2.92. The molecule has 1 fully saturated rings. The van der Waals surface area contributed by atoms with Crippen LogP contribution in [-0.4, -0.2) is 0 Å². The maximum absolute atomic E-state index is 4.05. The smallest absolute Gasteiger partial charge is 0.0115 e. The van der Waals surface area contributed by atoms with Gasteiger partial charge in [0.15, 0.2) is 0 Å². The van der Waals surface area contributed by atoms with Gasteiger partial charge in [-0.05, 0) is 43.6 Å². The van der Waals surface area contributed by atoms with E-state index in [0.29, 0.717) is 5.92 Å². The van der Waals surface area contributed by atoms with Gasteiger partial charge in [0, 0.05) is 10.8 Å². The summed E-state index contributed by atoms with van der Waals surface area (Å²) in [6.45, 7) is 4.05. The average Bonchev–Trinajstić information content (AvgIpc) is 2.86. The molecule has 0 N–H and O–H groups in total. The van der Waals surface area contributed by atoms with Crippen molar-refractivity contribution in [3.63, 3.8) is 0 Å². The van der Waals surface area contributed by atoms with Crippen molar-refractivity contribution in [3.05, 3.63) is 41.0 Å². The minimum atomic E-state index is 0.572. The van der Waals surface area contributed by atoms with Gasteiger partial charge in [-0.25, -0.2) is 0 Å². The molecule has 1 aliphatic rings. The fourth-order valence-electron chi connectivity index (χ4n) is 2.09. The van der Waals surface area contributed by atoms with Crippen molar-refractivity contribution in [1.82, 2.24) is 0 Å². The van der Waals surface area contributed by atoms with Crippen molar-refractivity contribution in [1.29, 1.82) is 0 Å². The predicted molar refractivity (Wildman–Crippen MR) is 63.6 cm³/mol. The van der Waals surface area contributed by atoms with Gasteiger partial charge in [0.25, 0.3) is 0 Å². The highest BCUT2D eigenvalue weighted by Crippen LogP contribution is 2.31. The van der Waals surface area contributed by atoms with Crippen molar-refractivity contribution in [2.24, 2.45) is 0 Å². The maximum atomic E-state index is 4.05. The van der Waals surface area contributed by atoms with Crippen LogP contribution < -0.4 is 0 Å². The summed E-state index contributed by atoms with van der Waals surface area (Å²) in [4.78, 5) is 1.47. The fraction of sp³-hybridized carbons (Fsp3) is 0.462. The van der Waals surface area contributed by atoms with Gasteiger partial charge in [-0.1, -0.05) is 24.6 Å². The molecule has 0 bridgehead atoms. The highest BCUT2D eigenvalue weighted by Gasteiger charge is 2.11. The SMILES string of the molecule is [CH2]CC(C=C1CCCC1)c1cccs1. The molecule has 0 aliphatic heterocycles. The minimum Gasteiger partial charge on any atom is -0.148 e. The van der Waals surface area contributed by atoms with E-state index in [1.807, 2.05) is 11.3 Å². The second-order valence-corrected chi connectivity index (χ2v) is 4.92. The Balaban J connectivity index is 2.10. The minimum absolute atomic E-state index is 0.572. The number of hydrogen-bond acceptors (Lipinski definition) is 1. The Bertz CT molecular complexity index is 287. The number of allylic oxidation sites excluding steroid dienone is 2. The van der Waals surface area contributed by atoms with Gasteiger partial charge in [-0.15, -0.1) is 11.3 Å². The standard InChI is InChI=1S/C13H17S/c1-2-12(13-8-5-9-14-13)10-11-6-3-4-7-11/h5,8-10,12H,1-4,6-7H2. The van der Waals surface area contributed by atoms with Gasteiger partial charge in [-0.2, -0.15) is 0 Å². The zero-order valence-corrected chi connectivity index (χ0v) is 9.35. The van der Waals surface area contributed by atoms with E-state index in [-0.39, 0.29) is 0 Å². The summed E-state index contributed by atoms with van der Waals surface area (Å²) in [7, 11) is 0. The van der Waals surface area contributed by atoms with Crippen LogP contribution in [0.3, 0.4) is 0 Å². The summed E-state index contributed by atoms with van der Waals surface area (Å²) >= 11 is 1.85. The van der Waals surface area contributed by atoms with Crippen molar-refractivity contribution >= 4 is 11.3 Å². The summed E-state index contributed by atoms with van der Waals surface area (Å²) in [5, 5.41) is 2.16. The van der Waals surface area contributed by atoms with Gasteiger partial charge >= 0.3 is 0 Å². The topological polar surface area (TPSA) is 0 Å². The molecular weight excluding hydrogens is 188 g/mol. The van der Waals surface area contributed by atoms with Crippen LogP contribution in [0.15, 0.2) is 29.2 Å². The molecule has 1 radical (unpaired) electrons. The Morgan fingerprint density at radius 3 is 2.79 bits per heavy atom. The molecule has 1 saturated carbocycles. The highest BCUT2D eigenvalue weighted by molar-refractivity contribution is 7.10. The lowest BCUT2D eigenvalue weighted by Gasteiger charge is -2.08. The van der Waals surface area contributed by atoms with Crippen LogP contribution >= 0.6 is 11.3 Å². The van der Waals surface area contributed by atoms with Crippen LogP contribution in [0.2, 0.25) is 0 Å². The van der Waals surface area contributed by atoms with E-state index >= 15 is 0 Å². The van der Waals surface area contributed by atoms with Crippen molar-refractivity contribution < 1.29 is 0 Å². The van der Waals surface area contributed by atoms with Gasteiger partial charge in [0.1, 0.15) is 0 Å². The zero-order valence-electron chi connectivity index (χ0n) is 8.54. The first-order valence-corrected chi connectivity index (χ1v) is 6.30. The third-order valence-corrected chi connectivity index (χ3v) is 3.91. The van der Waals surface area contributed by atoms with Crippen LogP contribution in [0, 0.1) is 6.92 Å². The van der Waals surface area contributed by atoms with Gasteiger partial charge in [0.05, 0.1) is 0 Å². The van der Waals surface area contributed by atoms with E-state index in [1.165, 1.54) is 30.6 Å². The van der Waals surface area contributed by atoms with E-state index in [2.05, 4.69) is 30.5 Å². The molecule has 1 atom stereocenters. The number of rotatable bonds is 3. The first-order chi connectivity index (χ1) is 6.90. The van der Waals surface area contributed by atoms with Crippen LogP contribution in [0.1, 0.15) is 42.9 Å². The van der Waals surface area contributed by atoms with Gasteiger partial charge < -0.3 is 0 Å². The quantitative estimate of drug-likeness (QED) is 0.635. The molecule has 1 heteroatoms. The summed E-state index contributed by atoms with van der Waals surface area (Å²) in [5.74, 6) is 0.572. The van der Waals surface area contributed by atoms with Crippen molar-refractivity contribution in [2.45, 2.75) is 38.0 Å². The molecule has 0 aromatic carbocycles. The van der Waals surface area contributed by atoms with Crippen LogP contribution in [-0.2, 0) is 0 Å².